The SMILES string of the molecule is O=C1CCCc2c1nnn2-c1cc(Oc2cc(F)cc(C(F)(F)F)c2)ccn1. The minimum Gasteiger partial charge on any atom is -0.457 e. The zero-order chi connectivity index (χ0) is 19.9. The third kappa shape index (κ3) is 3.45. The standard InChI is InChI=1S/C18H12F4N4O2/c19-11-6-10(18(20,21)22)7-13(8-11)28-12-4-5-23-16(9-12)26-14-2-1-3-15(27)17(14)24-25-26/h4-9H,1-3H2. The van der Waals surface area contributed by atoms with Crippen molar-refractivity contribution in [3.63, 3.8) is 0 Å². The zero-order valence-corrected chi connectivity index (χ0v) is 14.2. The van der Waals surface area contributed by atoms with Gasteiger partial charge in [-0.1, -0.05) is 5.21 Å². The molecule has 144 valence electrons. The van der Waals surface area contributed by atoms with E-state index in [0.29, 0.717) is 42.8 Å². The Morgan fingerprint density at radius 2 is 1.89 bits per heavy atom. The van der Waals surface area contributed by atoms with Crippen LogP contribution in [0, 0.1) is 5.82 Å². The third-order valence-electron chi connectivity index (χ3n) is 4.21. The molecule has 2 aromatic heterocycles. The second-order valence-electron chi connectivity index (χ2n) is 6.20. The Balaban J connectivity index is 1.66. The van der Waals surface area contributed by atoms with Crippen molar-refractivity contribution < 1.29 is 27.1 Å². The largest absolute Gasteiger partial charge is 0.457 e. The van der Waals surface area contributed by atoms with E-state index in [2.05, 4.69) is 15.3 Å². The molecule has 0 unspecified atom stereocenters. The zero-order valence-electron chi connectivity index (χ0n) is 14.2. The van der Waals surface area contributed by atoms with Crippen molar-refractivity contribution in [2.24, 2.45) is 0 Å². The number of hydrogen-bond acceptors (Lipinski definition) is 5. The lowest BCUT2D eigenvalue weighted by molar-refractivity contribution is -0.137. The van der Waals surface area contributed by atoms with Crippen molar-refractivity contribution in [3.8, 4) is 17.3 Å². The highest BCUT2D eigenvalue weighted by atomic mass is 19.4. The molecule has 10 heteroatoms. The molecular formula is C18H12F4N4O2. The molecule has 0 fully saturated rings. The van der Waals surface area contributed by atoms with Crippen LogP contribution in [-0.2, 0) is 12.6 Å². The highest BCUT2D eigenvalue weighted by Gasteiger charge is 2.31. The van der Waals surface area contributed by atoms with Crippen molar-refractivity contribution in [1.29, 1.82) is 0 Å². The molecule has 1 aromatic carbocycles. The maximum Gasteiger partial charge on any atom is 0.416 e. The molecule has 0 aliphatic heterocycles. The van der Waals surface area contributed by atoms with E-state index in [-0.39, 0.29) is 23.1 Å². The lowest BCUT2D eigenvalue weighted by Gasteiger charge is -2.13. The predicted molar refractivity (Wildman–Crippen MR) is 87.9 cm³/mol. The number of hydrogen-bond donors (Lipinski definition) is 0. The highest BCUT2D eigenvalue weighted by Crippen LogP contribution is 2.34. The first-order valence-corrected chi connectivity index (χ1v) is 8.31. The fraction of sp³-hybridized carbons (Fsp3) is 0.222. The summed E-state index contributed by atoms with van der Waals surface area (Å²) in [5.41, 5.74) is -0.244. The number of carbonyl (C=O) groups is 1. The molecule has 3 aromatic rings. The number of alkyl halides is 3. The summed E-state index contributed by atoms with van der Waals surface area (Å²) in [6.07, 6.45) is -1.66. The van der Waals surface area contributed by atoms with E-state index < -0.39 is 17.6 Å². The number of nitrogens with zero attached hydrogens (tertiary/aromatic N) is 4. The van der Waals surface area contributed by atoms with Crippen LogP contribution < -0.4 is 4.74 Å². The molecule has 28 heavy (non-hydrogen) atoms. The van der Waals surface area contributed by atoms with Crippen molar-refractivity contribution in [2.45, 2.75) is 25.4 Å². The number of rotatable bonds is 3. The molecule has 0 saturated carbocycles. The van der Waals surface area contributed by atoms with Gasteiger partial charge in [-0.2, -0.15) is 17.9 Å². The molecule has 2 heterocycles. The van der Waals surface area contributed by atoms with Gasteiger partial charge in [-0.05, 0) is 31.0 Å². The Labute approximate surface area is 155 Å². The van der Waals surface area contributed by atoms with Gasteiger partial charge >= 0.3 is 6.18 Å². The van der Waals surface area contributed by atoms with Crippen LogP contribution in [0.5, 0.6) is 11.5 Å². The van der Waals surface area contributed by atoms with Crippen LogP contribution in [0.15, 0.2) is 36.5 Å². The second kappa shape index (κ2) is 6.70. The highest BCUT2D eigenvalue weighted by molar-refractivity contribution is 5.96. The van der Waals surface area contributed by atoms with Gasteiger partial charge < -0.3 is 4.74 Å². The van der Waals surface area contributed by atoms with Crippen molar-refractivity contribution in [3.05, 3.63) is 59.3 Å². The molecule has 0 N–H and O–H groups in total. The van der Waals surface area contributed by atoms with Crippen LogP contribution in [0.1, 0.15) is 34.6 Å². The number of aromatic nitrogens is 4. The Bertz CT molecular complexity index is 1060. The maximum atomic E-state index is 13.5. The van der Waals surface area contributed by atoms with E-state index in [0.717, 1.165) is 6.07 Å². The van der Waals surface area contributed by atoms with Crippen LogP contribution in [0.2, 0.25) is 0 Å². The van der Waals surface area contributed by atoms with Crippen LogP contribution in [-0.4, -0.2) is 25.8 Å². The summed E-state index contributed by atoms with van der Waals surface area (Å²) in [4.78, 5) is 16.0. The Morgan fingerprint density at radius 1 is 1.07 bits per heavy atom. The maximum absolute atomic E-state index is 13.5. The quantitative estimate of drug-likeness (QED) is 0.627. The molecule has 0 spiro atoms. The summed E-state index contributed by atoms with van der Waals surface area (Å²) in [7, 11) is 0. The summed E-state index contributed by atoms with van der Waals surface area (Å²) < 4.78 is 58.9. The average molecular weight is 392 g/mol. The minimum atomic E-state index is -4.70. The number of Topliss-reactive ketones (excluding diaryl/α,β-unsaturated/α-hetero) is 1. The summed E-state index contributed by atoms with van der Waals surface area (Å²) in [6, 6.07) is 4.79. The molecule has 1 aliphatic carbocycles. The number of pyridine rings is 1. The van der Waals surface area contributed by atoms with Gasteiger partial charge in [0.05, 0.1) is 11.3 Å². The van der Waals surface area contributed by atoms with E-state index in [9.17, 15) is 22.4 Å². The predicted octanol–water partition coefficient (Wildman–Crippen LogP) is 4.13. The van der Waals surface area contributed by atoms with Crippen LogP contribution in [0.25, 0.3) is 5.82 Å². The van der Waals surface area contributed by atoms with Crippen LogP contribution in [0.3, 0.4) is 0 Å². The summed E-state index contributed by atoms with van der Waals surface area (Å²) >= 11 is 0. The number of fused-ring (bicyclic) bond motifs is 1. The first-order valence-electron chi connectivity index (χ1n) is 8.31. The van der Waals surface area contributed by atoms with Gasteiger partial charge in [-0.15, -0.1) is 5.10 Å². The fourth-order valence-electron chi connectivity index (χ4n) is 2.96. The first-order chi connectivity index (χ1) is 13.3. The van der Waals surface area contributed by atoms with Crippen molar-refractivity contribution >= 4 is 5.78 Å². The average Bonchev–Trinajstić information content (AvgIpc) is 3.06. The smallest absolute Gasteiger partial charge is 0.416 e. The topological polar surface area (TPSA) is 69.9 Å². The molecule has 6 nitrogen and oxygen atoms in total. The summed E-state index contributed by atoms with van der Waals surface area (Å²) in [6.45, 7) is 0. The lowest BCUT2D eigenvalue weighted by atomic mass is 10.00. The minimum absolute atomic E-state index is 0.0978. The fourth-order valence-corrected chi connectivity index (χ4v) is 2.96. The Hall–Kier alpha value is -3.30. The van der Waals surface area contributed by atoms with Gasteiger partial charge in [-0.3, -0.25) is 4.79 Å². The molecular weight excluding hydrogens is 380 g/mol. The third-order valence-corrected chi connectivity index (χ3v) is 4.21. The monoisotopic (exact) mass is 392 g/mol. The van der Waals surface area contributed by atoms with Gasteiger partial charge in [0.25, 0.3) is 0 Å². The van der Waals surface area contributed by atoms with Crippen LogP contribution in [0.4, 0.5) is 17.6 Å². The number of ether oxygens (including phenoxy) is 1. The van der Waals surface area contributed by atoms with E-state index in [1.807, 2.05) is 0 Å². The summed E-state index contributed by atoms with van der Waals surface area (Å²) in [5.74, 6) is -1.05. The normalized spacial score (nSPS) is 14.1. The number of ketones is 1. The van der Waals surface area contributed by atoms with Gasteiger partial charge in [0, 0.05) is 24.8 Å². The van der Waals surface area contributed by atoms with E-state index in [1.54, 1.807) is 0 Å². The van der Waals surface area contributed by atoms with Gasteiger partial charge in [0.15, 0.2) is 17.3 Å². The lowest BCUT2D eigenvalue weighted by Crippen LogP contribution is -2.13. The van der Waals surface area contributed by atoms with E-state index in [1.165, 1.54) is 23.0 Å². The van der Waals surface area contributed by atoms with Gasteiger partial charge in [-0.25, -0.2) is 9.37 Å². The molecule has 0 bridgehead atoms. The first kappa shape index (κ1) is 18.1. The van der Waals surface area contributed by atoms with E-state index in [4.69, 9.17) is 4.74 Å². The second-order valence-corrected chi connectivity index (χ2v) is 6.20. The van der Waals surface area contributed by atoms with E-state index >= 15 is 0 Å². The van der Waals surface area contributed by atoms with Gasteiger partial charge in [0.1, 0.15) is 17.3 Å². The Kier molecular flexibility index (Phi) is 4.33. The van der Waals surface area contributed by atoms with Crippen LogP contribution >= 0.6 is 0 Å². The van der Waals surface area contributed by atoms with Gasteiger partial charge in [0.2, 0.25) is 0 Å². The van der Waals surface area contributed by atoms with Crippen molar-refractivity contribution in [2.75, 3.05) is 0 Å². The summed E-state index contributed by atoms with van der Waals surface area (Å²) in [5, 5.41) is 7.83. The molecule has 0 amide bonds. The number of benzene rings is 1. The number of halogens is 4. The molecule has 0 radical (unpaired) electrons. The molecule has 0 saturated heterocycles. The Morgan fingerprint density at radius 3 is 2.68 bits per heavy atom. The molecule has 0 atom stereocenters. The molecule has 4 rings (SSSR count). The molecule has 1 aliphatic rings. The van der Waals surface area contributed by atoms with Crippen molar-refractivity contribution in [1.82, 2.24) is 20.0 Å². The number of carbonyl (C=O) groups excluding carboxylic acids is 1.